The molecule has 0 amide bonds. The number of ether oxygens (including phenoxy) is 1. The van der Waals surface area contributed by atoms with Gasteiger partial charge in [-0.25, -0.2) is 0 Å². The van der Waals surface area contributed by atoms with Crippen molar-refractivity contribution in [1.29, 1.82) is 0 Å². The van der Waals surface area contributed by atoms with E-state index < -0.39 is 0 Å². The topological polar surface area (TPSA) is 51.4 Å². The first kappa shape index (κ1) is 14.4. The first-order chi connectivity index (χ1) is 10.2. The largest absolute Gasteiger partial charge is 0.496 e. The fourth-order valence-electron chi connectivity index (χ4n) is 2.75. The Morgan fingerprint density at radius 3 is 3.05 bits per heavy atom. The molecule has 1 atom stereocenters. The van der Waals surface area contributed by atoms with Gasteiger partial charge in [-0.2, -0.15) is 4.98 Å². The summed E-state index contributed by atoms with van der Waals surface area (Å²) in [5.74, 6) is 2.60. The quantitative estimate of drug-likeness (QED) is 0.869. The molecule has 1 aliphatic rings. The smallest absolute Gasteiger partial charge is 0.231 e. The van der Waals surface area contributed by atoms with E-state index in [4.69, 9.17) is 20.9 Å². The van der Waals surface area contributed by atoms with Gasteiger partial charge >= 0.3 is 0 Å². The minimum atomic E-state index is 0.324. The number of nitrogens with zero attached hydrogens (tertiary/aromatic N) is 3. The zero-order valence-corrected chi connectivity index (χ0v) is 12.9. The number of benzene rings is 1. The van der Waals surface area contributed by atoms with Crippen molar-refractivity contribution in [2.45, 2.75) is 25.8 Å². The van der Waals surface area contributed by atoms with Crippen LogP contribution in [-0.2, 0) is 6.54 Å². The summed E-state index contributed by atoms with van der Waals surface area (Å²) in [6.07, 6.45) is 1.04. The van der Waals surface area contributed by atoms with Gasteiger partial charge in [-0.15, -0.1) is 0 Å². The first-order valence-electron chi connectivity index (χ1n) is 7.00. The van der Waals surface area contributed by atoms with Crippen molar-refractivity contribution in [3.8, 4) is 5.75 Å². The van der Waals surface area contributed by atoms with Gasteiger partial charge < -0.3 is 9.26 Å². The molecule has 1 aromatic carbocycles. The molecule has 0 radical (unpaired) electrons. The molecular weight excluding hydrogens is 290 g/mol. The lowest BCUT2D eigenvalue weighted by Gasteiger charge is -2.17. The molecule has 1 aliphatic heterocycles. The van der Waals surface area contributed by atoms with E-state index in [-0.39, 0.29) is 0 Å². The molecule has 3 rings (SSSR count). The van der Waals surface area contributed by atoms with Crippen molar-refractivity contribution in [2.75, 3.05) is 20.2 Å². The fraction of sp³-hybridized carbons (Fsp3) is 0.467. The minimum Gasteiger partial charge on any atom is -0.496 e. The highest BCUT2D eigenvalue weighted by Gasteiger charge is 2.28. The number of hydrogen-bond donors (Lipinski definition) is 0. The van der Waals surface area contributed by atoms with E-state index in [1.165, 1.54) is 0 Å². The summed E-state index contributed by atoms with van der Waals surface area (Å²) in [5, 5.41) is 4.56. The van der Waals surface area contributed by atoms with Gasteiger partial charge in [0.2, 0.25) is 5.89 Å². The lowest BCUT2D eigenvalue weighted by Crippen LogP contribution is -2.20. The van der Waals surface area contributed by atoms with E-state index in [1.807, 2.05) is 25.1 Å². The molecule has 0 bridgehead atoms. The summed E-state index contributed by atoms with van der Waals surface area (Å²) in [7, 11) is 1.67. The molecule has 0 spiro atoms. The van der Waals surface area contributed by atoms with Crippen molar-refractivity contribution in [3.05, 3.63) is 40.5 Å². The maximum atomic E-state index is 6.00. The van der Waals surface area contributed by atoms with Crippen LogP contribution in [0.5, 0.6) is 5.75 Å². The molecule has 2 aromatic rings. The van der Waals surface area contributed by atoms with Gasteiger partial charge in [0.05, 0.1) is 13.0 Å². The summed E-state index contributed by atoms with van der Waals surface area (Å²) in [4.78, 5) is 6.70. The van der Waals surface area contributed by atoms with Crippen molar-refractivity contribution < 1.29 is 9.26 Å². The van der Waals surface area contributed by atoms with E-state index in [0.717, 1.165) is 43.3 Å². The van der Waals surface area contributed by atoms with E-state index in [0.29, 0.717) is 16.8 Å². The molecular formula is C15H18ClN3O2. The SMILES string of the molecule is COc1cc(Cl)ccc1CN1CCC(c2nc(C)no2)C1. The lowest BCUT2D eigenvalue weighted by molar-refractivity contribution is 0.302. The van der Waals surface area contributed by atoms with Crippen LogP contribution in [0.15, 0.2) is 22.7 Å². The predicted octanol–water partition coefficient (Wildman–Crippen LogP) is 3.03. The molecule has 1 unspecified atom stereocenters. The van der Waals surface area contributed by atoms with Gasteiger partial charge in [0.1, 0.15) is 5.75 Å². The standard InChI is InChI=1S/C15H18ClN3O2/c1-10-17-15(21-18-10)12-5-6-19(9-12)8-11-3-4-13(16)7-14(11)20-2/h3-4,7,12H,5-6,8-9H2,1-2H3. The highest BCUT2D eigenvalue weighted by atomic mass is 35.5. The Hall–Kier alpha value is -1.59. The number of methoxy groups -OCH3 is 1. The molecule has 1 saturated heterocycles. The van der Waals surface area contributed by atoms with Crippen LogP contribution in [0.1, 0.15) is 29.6 Å². The highest BCUT2D eigenvalue weighted by molar-refractivity contribution is 6.30. The van der Waals surface area contributed by atoms with Gasteiger partial charge in [-0.05, 0) is 32.0 Å². The van der Waals surface area contributed by atoms with Gasteiger partial charge in [-0.3, -0.25) is 4.90 Å². The Morgan fingerprint density at radius 2 is 2.33 bits per heavy atom. The number of halogens is 1. The maximum absolute atomic E-state index is 6.00. The Morgan fingerprint density at radius 1 is 1.48 bits per heavy atom. The van der Waals surface area contributed by atoms with Gasteiger partial charge in [0, 0.05) is 23.7 Å². The van der Waals surface area contributed by atoms with Crippen molar-refractivity contribution in [1.82, 2.24) is 15.0 Å². The van der Waals surface area contributed by atoms with Crippen LogP contribution in [0.2, 0.25) is 5.02 Å². The Bertz CT molecular complexity index is 629. The number of rotatable bonds is 4. The van der Waals surface area contributed by atoms with Crippen molar-refractivity contribution >= 4 is 11.6 Å². The second-order valence-corrected chi connectivity index (χ2v) is 5.79. The Labute approximate surface area is 128 Å². The van der Waals surface area contributed by atoms with Crippen LogP contribution in [0.25, 0.3) is 0 Å². The molecule has 5 nitrogen and oxygen atoms in total. The van der Waals surface area contributed by atoms with Gasteiger partial charge in [-0.1, -0.05) is 22.8 Å². The normalized spacial score (nSPS) is 19.1. The summed E-state index contributed by atoms with van der Waals surface area (Å²) < 4.78 is 10.7. The summed E-state index contributed by atoms with van der Waals surface area (Å²) >= 11 is 6.00. The summed E-state index contributed by atoms with van der Waals surface area (Å²) in [5.41, 5.74) is 1.14. The summed E-state index contributed by atoms with van der Waals surface area (Å²) in [6, 6.07) is 5.77. The monoisotopic (exact) mass is 307 g/mol. The van der Waals surface area contributed by atoms with Crippen LogP contribution in [-0.4, -0.2) is 35.2 Å². The third-order valence-corrected chi connectivity index (χ3v) is 4.04. The van der Waals surface area contributed by atoms with Crippen LogP contribution in [0.3, 0.4) is 0 Å². The average molecular weight is 308 g/mol. The Kier molecular flexibility index (Phi) is 4.12. The third-order valence-electron chi connectivity index (χ3n) is 3.81. The maximum Gasteiger partial charge on any atom is 0.231 e. The van der Waals surface area contributed by atoms with E-state index in [1.54, 1.807) is 7.11 Å². The molecule has 0 saturated carbocycles. The molecule has 0 aliphatic carbocycles. The van der Waals surface area contributed by atoms with Gasteiger partial charge in [0.15, 0.2) is 5.82 Å². The van der Waals surface area contributed by atoms with Crippen LogP contribution in [0.4, 0.5) is 0 Å². The predicted molar refractivity (Wildman–Crippen MR) is 79.7 cm³/mol. The molecule has 112 valence electrons. The fourth-order valence-corrected chi connectivity index (χ4v) is 2.91. The summed E-state index contributed by atoms with van der Waals surface area (Å²) in [6.45, 7) is 4.62. The zero-order valence-electron chi connectivity index (χ0n) is 12.2. The van der Waals surface area contributed by atoms with E-state index in [9.17, 15) is 0 Å². The molecule has 0 N–H and O–H groups in total. The van der Waals surface area contributed by atoms with Crippen molar-refractivity contribution in [3.63, 3.8) is 0 Å². The minimum absolute atomic E-state index is 0.324. The number of hydrogen-bond acceptors (Lipinski definition) is 5. The number of aryl methyl sites for hydroxylation is 1. The van der Waals surface area contributed by atoms with E-state index >= 15 is 0 Å². The molecule has 2 heterocycles. The van der Waals surface area contributed by atoms with Crippen LogP contribution in [0, 0.1) is 6.92 Å². The third kappa shape index (κ3) is 3.19. The van der Waals surface area contributed by atoms with Gasteiger partial charge in [0.25, 0.3) is 0 Å². The van der Waals surface area contributed by atoms with Crippen LogP contribution < -0.4 is 4.74 Å². The number of likely N-dealkylation sites (tertiary alicyclic amines) is 1. The van der Waals surface area contributed by atoms with E-state index in [2.05, 4.69) is 15.0 Å². The molecule has 21 heavy (non-hydrogen) atoms. The zero-order chi connectivity index (χ0) is 14.8. The second-order valence-electron chi connectivity index (χ2n) is 5.36. The molecule has 1 fully saturated rings. The molecule has 6 heteroatoms. The lowest BCUT2D eigenvalue weighted by atomic mass is 10.1. The molecule has 1 aromatic heterocycles. The van der Waals surface area contributed by atoms with Crippen LogP contribution >= 0.6 is 11.6 Å². The Balaban J connectivity index is 1.67. The highest BCUT2D eigenvalue weighted by Crippen LogP contribution is 2.30. The average Bonchev–Trinajstić information content (AvgIpc) is 3.09. The first-order valence-corrected chi connectivity index (χ1v) is 7.38. The number of aromatic nitrogens is 2. The van der Waals surface area contributed by atoms with Crippen molar-refractivity contribution in [2.24, 2.45) is 0 Å². The second kappa shape index (κ2) is 6.03.